The van der Waals surface area contributed by atoms with E-state index in [1.165, 1.54) is 25.4 Å². The van der Waals surface area contributed by atoms with Gasteiger partial charge in [0.05, 0.1) is 26.1 Å². The first-order valence-corrected chi connectivity index (χ1v) is 8.80. The quantitative estimate of drug-likeness (QED) is 0.314. The van der Waals surface area contributed by atoms with Gasteiger partial charge in [-0.1, -0.05) is 59.8 Å². The minimum absolute atomic E-state index is 0.232. The number of hydrogen-bond acceptors (Lipinski definition) is 4. The summed E-state index contributed by atoms with van der Waals surface area (Å²) in [7, 11) is 2.79. The number of hydrogen-bond donors (Lipinski definition) is 0. The number of methoxy groups -OCH3 is 2. The summed E-state index contributed by atoms with van der Waals surface area (Å²) in [6, 6.07) is 0. The molecule has 0 aliphatic carbocycles. The highest BCUT2D eigenvalue weighted by Gasteiger charge is 2.08. The van der Waals surface area contributed by atoms with Gasteiger partial charge in [-0.25, -0.2) is 0 Å². The molecule has 144 valence electrons. The highest BCUT2D eigenvalue weighted by Crippen LogP contribution is 2.08. The topological polar surface area (TPSA) is 52.6 Å². The first-order valence-electron chi connectivity index (χ1n) is 8.80. The van der Waals surface area contributed by atoms with Crippen LogP contribution in [0.1, 0.15) is 40.5 Å². The molecule has 0 radical (unpaired) electrons. The van der Waals surface area contributed by atoms with Crippen molar-refractivity contribution in [1.82, 2.24) is 0 Å². The second-order valence-electron chi connectivity index (χ2n) is 6.30. The largest absolute Gasteiger partial charge is 0.469 e. The standard InChI is InChI=1S/C22H32O4/c1-17(13-9-15-19(3)21(23)25-5)11-7-8-12-18(2)14-10-16-20(4)22(24)26-6/h7-10,13-16,19-20H,11-12H2,1-6H3/b8-7+,15-9-,16-10-,17-13+,18-14+. The fourth-order valence-electron chi connectivity index (χ4n) is 1.98. The van der Waals surface area contributed by atoms with E-state index in [2.05, 4.69) is 35.5 Å². The lowest BCUT2D eigenvalue weighted by Gasteiger charge is -2.02. The predicted molar refractivity (Wildman–Crippen MR) is 107 cm³/mol. The van der Waals surface area contributed by atoms with Gasteiger partial charge in [0.2, 0.25) is 0 Å². The highest BCUT2D eigenvalue weighted by molar-refractivity contribution is 5.74. The Morgan fingerprint density at radius 3 is 1.42 bits per heavy atom. The molecule has 2 atom stereocenters. The van der Waals surface area contributed by atoms with Gasteiger partial charge < -0.3 is 9.47 Å². The van der Waals surface area contributed by atoms with Gasteiger partial charge >= 0.3 is 11.9 Å². The van der Waals surface area contributed by atoms with Crippen LogP contribution in [-0.4, -0.2) is 26.2 Å². The van der Waals surface area contributed by atoms with Crippen LogP contribution >= 0.6 is 0 Å². The fourth-order valence-corrected chi connectivity index (χ4v) is 1.98. The molecule has 0 heterocycles. The molecule has 0 saturated carbocycles. The molecular weight excluding hydrogens is 328 g/mol. The molecule has 0 saturated heterocycles. The highest BCUT2D eigenvalue weighted by atomic mass is 16.5. The number of allylic oxidation sites excluding steroid dienone is 8. The van der Waals surface area contributed by atoms with Crippen molar-refractivity contribution in [2.75, 3.05) is 14.2 Å². The summed E-state index contributed by atoms with van der Waals surface area (Å²) in [4.78, 5) is 22.6. The predicted octanol–water partition coefficient (Wildman–Crippen LogP) is 4.95. The lowest BCUT2D eigenvalue weighted by molar-refractivity contribution is -0.144. The monoisotopic (exact) mass is 360 g/mol. The van der Waals surface area contributed by atoms with E-state index < -0.39 is 0 Å². The van der Waals surface area contributed by atoms with Crippen molar-refractivity contribution in [3.63, 3.8) is 0 Å². The lowest BCUT2D eigenvalue weighted by atomic mass is 10.1. The Hall–Kier alpha value is -2.36. The maximum Gasteiger partial charge on any atom is 0.312 e. The van der Waals surface area contributed by atoms with Crippen molar-refractivity contribution in [3.05, 3.63) is 59.8 Å². The maximum absolute atomic E-state index is 11.3. The molecule has 0 aromatic carbocycles. The van der Waals surface area contributed by atoms with Crippen molar-refractivity contribution in [2.24, 2.45) is 11.8 Å². The van der Waals surface area contributed by atoms with Crippen LogP contribution in [0.4, 0.5) is 0 Å². The Morgan fingerprint density at radius 2 is 1.12 bits per heavy atom. The summed E-state index contributed by atoms with van der Waals surface area (Å²) in [5, 5.41) is 0. The van der Waals surface area contributed by atoms with Crippen LogP contribution in [0.15, 0.2) is 59.8 Å². The van der Waals surface area contributed by atoms with E-state index in [1.807, 2.05) is 36.5 Å². The summed E-state index contributed by atoms with van der Waals surface area (Å²) in [6.07, 6.45) is 17.4. The third kappa shape index (κ3) is 11.2. The van der Waals surface area contributed by atoms with Gasteiger partial charge in [0, 0.05) is 0 Å². The van der Waals surface area contributed by atoms with Crippen LogP contribution in [0.5, 0.6) is 0 Å². The fraction of sp³-hybridized carbons (Fsp3) is 0.455. The molecule has 4 nitrogen and oxygen atoms in total. The molecule has 0 aromatic rings. The third-order valence-electron chi connectivity index (χ3n) is 3.75. The Morgan fingerprint density at radius 1 is 0.769 bits per heavy atom. The van der Waals surface area contributed by atoms with Gasteiger partial charge in [-0.3, -0.25) is 9.59 Å². The number of ether oxygens (including phenoxy) is 2. The zero-order valence-electron chi connectivity index (χ0n) is 16.8. The SMILES string of the molecule is COC(=O)C(C)/C=C\C=C(/C)C/C=C/C/C(C)=C/C=C\C(C)C(=O)OC. The maximum atomic E-state index is 11.3. The van der Waals surface area contributed by atoms with Gasteiger partial charge in [-0.05, 0) is 40.5 Å². The third-order valence-corrected chi connectivity index (χ3v) is 3.75. The molecule has 0 aromatic heterocycles. The van der Waals surface area contributed by atoms with Gasteiger partial charge in [-0.15, -0.1) is 0 Å². The van der Waals surface area contributed by atoms with E-state index in [0.717, 1.165) is 12.8 Å². The second kappa shape index (κ2) is 13.9. The summed E-state index contributed by atoms with van der Waals surface area (Å²) in [6.45, 7) is 7.72. The van der Waals surface area contributed by atoms with Crippen molar-refractivity contribution in [1.29, 1.82) is 0 Å². The van der Waals surface area contributed by atoms with Crippen molar-refractivity contribution >= 4 is 11.9 Å². The average molecular weight is 360 g/mol. The summed E-state index contributed by atoms with van der Waals surface area (Å²) >= 11 is 0. The molecule has 0 spiro atoms. The molecule has 0 fully saturated rings. The Bertz CT molecular complexity index is 539. The molecule has 26 heavy (non-hydrogen) atoms. The molecule has 2 unspecified atom stereocenters. The Labute approximate surface area is 158 Å². The van der Waals surface area contributed by atoms with E-state index in [1.54, 1.807) is 13.8 Å². The first kappa shape index (κ1) is 23.6. The van der Waals surface area contributed by atoms with Crippen LogP contribution in [0, 0.1) is 11.8 Å². The molecule has 0 N–H and O–H groups in total. The Balaban J connectivity index is 4.32. The van der Waals surface area contributed by atoms with Crippen LogP contribution in [0.3, 0.4) is 0 Å². The van der Waals surface area contributed by atoms with Crippen molar-refractivity contribution in [2.45, 2.75) is 40.5 Å². The summed E-state index contributed by atoms with van der Waals surface area (Å²) in [5.41, 5.74) is 2.42. The molecule has 4 heteroatoms. The number of esters is 2. The van der Waals surface area contributed by atoms with Crippen LogP contribution in [0.2, 0.25) is 0 Å². The zero-order chi connectivity index (χ0) is 19.9. The van der Waals surface area contributed by atoms with Crippen molar-refractivity contribution < 1.29 is 19.1 Å². The van der Waals surface area contributed by atoms with Crippen LogP contribution in [0.25, 0.3) is 0 Å². The number of rotatable bonds is 10. The van der Waals surface area contributed by atoms with Gasteiger partial charge in [0.25, 0.3) is 0 Å². The molecular formula is C22H32O4. The van der Waals surface area contributed by atoms with E-state index in [9.17, 15) is 9.59 Å². The molecule has 0 rings (SSSR count). The molecule has 0 aliphatic heterocycles. The summed E-state index contributed by atoms with van der Waals surface area (Å²) in [5.74, 6) is -0.932. The van der Waals surface area contributed by atoms with Crippen LogP contribution < -0.4 is 0 Å². The smallest absolute Gasteiger partial charge is 0.312 e. The van der Waals surface area contributed by atoms with Crippen molar-refractivity contribution in [3.8, 4) is 0 Å². The molecule has 0 bridgehead atoms. The average Bonchev–Trinajstić information content (AvgIpc) is 2.63. The van der Waals surface area contributed by atoms with Gasteiger partial charge in [0.15, 0.2) is 0 Å². The zero-order valence-corrected chi connectivity index (χ0v) is 16.8. The van der Waals surface area contributed by atoms with Gasteiger partial charge in [0.1, 0.15) is 0 Å². The molecule has 0 amide bonds. The van der Waals surface area contributed by atoms with E-state index in [-0.39, 0.29) is 23.8 Å². The Kier molecular flexibility index (Phi) is 12.6. The van der Waals surface area contributed by atoms with E-state index >= 15 is 0 Å². The normalized spacial score (nSPS) is 15.6. The minimum atomic E-state index is -0.234. The number of carbonyl (C=O) groups is 2. The minimum Gasteiger partial charge on any atom is -0.469 e. The van der Waals surface area contributed by atoms with Crippen LogP contribution in [-0.2, 0) is 19.1 Å². The first-order chi connectivity index (χ1) is 12.3. The van der Waals surface area contributed by atoms with E-state index in [0.29, 0.717) is 0 Å². The molecule has 0 aliphatic rings. The lowest BCUT2D eigenvalue weighted by Crippen LogP contribution is -2.09. The summed E-state index contributed by atoms with van der Waals surface area (Å²) < 4.78 is 9.35. The number of carbonyl (C=O) groups excluding carboxylic acids is 2. The van der Waals surface area contributed by atoms with Gasteiger partial charge in [-0.2, -0.15) is 0 Å². The second-order valence-corrected chi connectivity index (χ2v) is 6.30. The van der Waals surface area contributed by atoms with E-state index in [4.69, 9.17) is 0 Å².